The van der Waals surface area contributed by atoms with Crippen molar-refractivity contribution in [2.45, 2.75) is 13.3 Å². The largest absolute Gasteiger partial charge is 0.378 e. The first kappa shape index (κ1) is 13.3. The molecule has 2 rings (SSSR count). The van der Waals surface area contributed by atoms with E-state index in [9.17, 15) is 0 Å². The Morgan fingerprint density at radius 2 is 1.68 bits per heavy atom. The first-order valence-corrected chi connectivity index (χ1v) is 6.59. The molecule has 98 valence electrons. The third-order valence-electron chi connectivity index (χ3n) is 3.18. The minimum absolute atomic E-state index is 1.01. The van der Waals surface area contributed by atoms with Crippen molar-refractivity contribution in [2.75, 3.05) is 19.0 Å². The Bertz CT molecular complexity index is 539. The minimum Gasteiger partial charge on any atom is -0.378 e. The standard InChI is InChI=1S/C17H20N2/c1-4-15(16-9-11-18-12-10-16)13-14-5-7-17(8-6-14)19(2)3/h5-13H,4H2,1-3H3/b15-13-. The van der Waals surface area contributed by atoms with Gasteiger partial charge >= 0.3 is 0 Å². The Morgan fingerprint density at radius 1 is 1.05 bits per heavy atom. The molecular formula is C17H20N2. The highest BCUT2D eigenvalue weighted by Gasteiger charge is 2.00. The van der Waals surface area contributed by atoms with Crippen molar-refractivity contribution in [1.29, 1.82) is 0 Å². The molecule has 0 amide bonds. The first-order chi connectivity index (χ1) is 9.20. The van der Waals surface area contributed by atoms with Crippen LogP contribution >= 0.6 is 0 Å². The molecule has 0 radical (unpaired) electrons. The summed E-state index contributed by atoms with van der Waals surface area (Å²) in [4.78, 5) is 6.18. The first-order valence-electron chi connectivity index (χ1n) is 6.59. The van der Waals surface area contributed by atoms with E-state index in [1.165, 1.54) is 22.4 Å². The molecule has 0 saturated carbocycles. The van der Waals surface area contributed by atoms with Crippen LogP contribution in [-0.2, 0) is 0 Å². The fourth-order valence-corrected chi connectivity index (χ4v) is 2.03. The van der Waals surface area contributed by atoms with Gasteiger partial charge in [0, 0.05) is 32.2 Å². The summed E-state index contributed by atoms with van der Waals surface area (Å²) in [7, 11) is 4.11. The van der Waals surface area contributed by atoms with Gasteiger partial charge in [-0.2, -0.15) is 0 Å². The van der Waals surface area contributed by atoms with Crippen LogP contribution in [-0.4, -0.2) is 19.1 Å². The van der Waals surface area contributed by atoms with E-state index in [-0.39, 0.29) is 0 Å². The predicted octanol–water partition coefficient (Wildman–Crippen LogP) is 4.10. The molecule has 0 bridgehead atoms. The van der Waals surface area contributed by atoms with Gasteiger partial charge in [-0.05, 0) is 47.4 Å². The number of nitrogens with zero attached hydrogens (tertiary/aromatic N) is 2. The second-order valence-corrected chi connectivity index (χ2v) is 4.74. The highest BCUT2D eigenvalue weighted by Crippen LogP contribution is 2.22. The van der Waals surface area contributed by atoms with E-state index >= 15 is 0 Å². The Balaban J connectivity index is 2.28. The van der Waals surface area contributed by atoms with Gasteiger partial charge in [-0.3, -0.25) is 4.98 Å². The van der Waals surface area contributed by atoms with Gasteiger partial charge in [-0.1, -0.05) is 25.1 Å². The molecule has 0 saturated heterocycles. The molecule has 1 aromatic carbocycles. The van der Waals surface area contributed by atoms with Crippen LogP contribution in [0.1, 0.15) is 24.5 Å². The second kappa shape index (κ2) is 6.19. The zero-order chi connectivity index (χ0) is 13.7. The highest BCUT2D eigenvalue weighted by molar-refractivity contribution is 5.81. The molecule has 2 aromatic rings. The van der Waals surface area contributed by atoms with Gasteiger partial charge in [-0.25, -0.2) is 0 Å². The van der Waals surface area contributed by atoms with E-state index in [4.69, 9.17) is 0 Å². The van der Waals surface area contributed by atoms with E-state index < -0.39 is 0 Å². The number of hydrogen-bond acceptors (Lipinski definition) is 2. The highest BCUT2D eigenvalue weighted by atomic mass is 15.1. The Labute approximate surface area is 115 Å². The van der Waals surface area contributed by atoms with Gasteiger partial charge in [0.15, 0.2) is 0 Å². The van der Waals surface area contributed by atoms with Crippen molar-refractivity contribution in [3.8, 4) is 0 Å². The lowest BCUT2D eigenvalue weighted by molar-refractivity contribution is 1.13. The number of anilines is 1. The summed E-state index contributed by atoms with van der Waals surface area (Å²) in [6.45, 7) is 2.18. The maximum Gasteiger partial charge on any atom is 0.0361 e. The third kappa shape index (κ3) is 3.44. The fourth-order valence-electron chi connectivity index (χ4n) is 2.03. The summed E-state index contributed by atoms with van der Waals surface area (Å²) >= 11 is 0. The average molecular weight is 252 g/mol. The molecule has 0 aliphatic carbocycles. The monoisotopic (exact) mass is 252 g/mol. The molecule has 0 aliphatic heterocycles. The molecule has 0 fully saturated rings. The van der Waals surface area contributed by atoms with Gasteiger partial charge in [0.2, 0.25) is 0 Å². The summed E-state index contributed by atoms with van der Waals surface area (Å²) in [5, 5.41) is 0. The van der Waals surface area contributed by atoms with Gasteiger partial charge in [0.25, 0.3) is 0 Å². The zero-order valence-electron chi connectivity index (χ0n) is 11.8. The number of allylic oxidation sites excluding steroid dienone is 1. The van der Waals surface area contributed by atoms with Crippen molar-refractivity contribution in [3.63, 3.8) is 0 Å². The fraction of sp³-hybridized carbons (Fsp3) is 0.235. The molecule has 2 nitrogen and oxygen atoms in total. The Hall–Kier alpha value is -2.09. The summed E-state index contributed by atoms with van der Waals surface area (Å²) < 4.78 is 0. The molecule has 0 unspecified atom stereocenters. The van der Waals surface area contributed by atoms with E-state index in [1.54, 1.807) is 0 Å². The van der Waals surface area contributed by atoms with Crippen molar-refractivity contribution >= 4 is 17.3 Å². The Kier molecular flexibility index (Phi) is 4.35. The van der Waals surface area contributed by atoms with E-state index in [0.717, 1.165) is 6.42 Å². The molecule has 19 heavy (non-hydrogen) atoms. The molecule has 0 atom stereocenters. The average Bonchev–Trinajstić information content (AvgIpc) is 2.46. The van der Waals surface area contributed by atoms with Crippen LogP contribution < -0.4 is 4.90 Å². The molecule has 1 aromatic heterocycles. The molecular weight excluding hydrogens is 232 g/mol. The molecule has 0 aliphatic rings. The summed E-state index contributed by atoms with van der Waals surface area (Å²) in [6.07, 6.45) is 6.94. The van der Waals surface area contributed by atoms with Crippen LogP contribution in [0.15, 0.2) is 48.8 Å². The van der Waals surface area contributed by atoms with Gasteiger partial charge in [0.05, 0.1) is 0 Å². The quantitative estimate of drug-likeness (QED) is 0.814. The van der Waals surface area contributed by atoms with E-state index in [2.05, 4.69) is 73.4 Å². The van der Waals surface area contributed by atoms with Crippen LogP contribution in [0.2, 0.25) is 0 Å². The summed E-state index contributed by atoms with van der Waals surface area (Å²) in [5.74, 6) is 0. The third-order valence-corrected chi connectivity index (χ3v) is 3.18. The SMILES string of the molecule is CC/C(=C/c1ccc(N(C)C)cc1)c1ccncc1. The number of pyridine rings is 1. The number of aromatic nitrogens is 1. The molecule has 0 N–H and O–H groups in total. The Morgan fingerprint density at radius 3 is 2.21 bits per heavy atom. The van der Waals surface area contributed by atoms with Crippen LogP contribution in [0.4, 0.5) is 5.69 Å². The van der Waals surface area contributed by atoms with Crippen molar-refractivity contribution in [3.05, 3.63) is 59.9 Å². The van der Waals surface area contributed by atoms with Crippen LogP contribution in [0.5, 0.6) is 0 Å². The minimum atomic E-state index is 1.01. The number of rotatable bonds is 4. The smallest absolute Gasteiger partial charge is 0.0361 e. The predicted molar refractivity (Wildman–Crippen MR) is 83.2 cm³/mol. The molecule has 1 heterocycles. The lowest BCUT2D eigenvalue weighted by atomic mass is 10.0. The normalized spacial score (nSPS) is 11.4. The summed E-state index contributed by atoms with van der Waals surface area (Å²) in [6, 6.07) is 12.7. The topological polar surface area (TPSA) is 16.1 Å². The van der Waals surface area contributed by atoms with E-state index in [0.29, 0.717) is 0 Å². The van der Waals surface area contributed by atoms with Crippen LogP contribution in [0, 0.1) is 0 Å². The van der Waals surface area contributed by atoms with E-state index in [1.807, 2.05) is 12.4 Å². The van der Waals surface area contributed by atoms with Crippen LogP contribution in [0.25, 0.3) is 11.6 Å². The number of hydrogen-bond donors (Lipinski definition) is 0. The zero-order valence-corrected chi connectivity index (χ0v) is 11.8. The lowest BCUT2D eigenvalue weighted by Crippen LogP contribution is -2.07. The van der Waals surface area contributed by atoms with Gasteiger partial charge in [0.1, 0.15) is 0 Å². The summed E-state index contributed by atoms with van der Waals surface area (Å²) in [5.41, 5.74) is 5.03. The van der Waals surface area contributed by atoms with Crippen molar-refractivity contribution in [2.24, 2.45) is 0 Å². The van der Waals surface area contributed by atoms with Crippen LogP contribution in [0.3, 0.4) is 0 Å². The maximum atomic E-state index is 4.07. The van der Waals surface area contributed by atoms with Crippen molar-refractivity contribution in [1.82, 2.24) is 4.98 Å². The molecule has 0 spiro atoms. The van der Waals surface area contributed by atoms with Gasteiger partial charge in [-0.15, -0.1) is 0 Å². The number of benzene rings is 1. The second-order valence-electron chi connectivity index (χ2n) is 4.74. The molecule has 2 heteroatoms. The van der Waals surface area contributed by atoms with Gasteiger partial charge < -0.3 is 4.90 Å². The lowest BCUT2D eigenvalue weighted by Gasteiger charge is -2.12. The van der Waals surface area contributed by atoms with Crippen molar-refractivity contribution < 1.29 is 0 Å². The maximum absolute atomic E-state index is 4.07.